The standard InChI is InChI=1S/C11H12N2O/c1-7-4-5-11(13-9(3)14)10(6-12)8(7)2/h4-5H,1-3H3,(H,13,14). The molecule has 1 amide bonds. The zero-order valence-electron chi connectivity index (χ0n) is 8.51. The van der Waals surface area contributed by atoms with Crippen LogP contribution in [0.1, 0.15) is 23.6 Å². The van der Waals surface area contributed by atoms with Gasteiger partial charge in [-0.05, 0) is 31.0 Å². The smallest absolute Gasteiger partial charge is 0.221 e. The quantitative estimate of drug-likeness (QED) is 0.734. The SMILES string of the molecule is CC(=O)Nc1ccc(C)c(C)c1C#N. The second-order valence-corrected chi connectivity index (χ2v) is 3.22. The van der Waals surface area contributed by atoms with Crippen LogP contribution in [0.5, 0.6) is 0 Å². The fraction of sp³-hybridized carbons (Fsp3) is 0.273. The average molecular weight is 188 g/mol. The average Bonchev–Trinajstić information content (AvgIpc) is 2.11. The lowest BCUT2D eigenvalue weighted by atomic mass is 10.0. The minimum Gasteiger partial charge on any atom is -0.325 e. The van der Waals surface area contributed by atoms with Crippen LogP contribution in [0.15, 0.2) is 12.1 Å². The first-order chi connectivity index (χ1) is 6.56. The number of rotatable bonds is 1. The first-order valence-electron chi connectivity index (χ1n) is 4.34. The molecule has 0 atom stereocenters. The number of nitrogens with one attached hydrogen (secondary N) is 1. The van der Waals surface area contributed by atoms with Gasteiger partial charge >= 0.3 is 0 Å². The van der Waals surface area contributed by atoms with E-state index in [1.165, 1.54) is 6.92 Å². The third-order valence-corrected chi connectivity index (χ3v) is 2.16. The molecule has 0 bridgehead atoms. The maximum absolute atomic E-state index is 10.9. The summed E-state index contributed by atoms with van der Waals surface area (Å²) >= 11 is 0. The van der Waals surface area contributed by atoms with E-state index in [1.807, 2.05) is 19.9 Å². The first kappa shape index (κ1) is 10.3. The highest BCUT2D eigenvalue weighted by Gasteiger charge is 2.07. The lowest BCUT2D eigenvalue weighted by Crippen LogP contribution is -2.08. The van der Waals surface area contributed by atoms with Crippen LogP contribution >= 0.6 is 0 Å². The van der Waals surface area contributed by atoms with Crippen LogP contribution in [-0.4, -0.2) is 5.91 Å². The summed E-state index contributed by atoms with van der Waals surface area (Å²) in [6, 6.07) is 5.74. The van der Waals surface area contributed by atoms with E-state index < -0.39 is 0 Å². The number of carbonyl (C=O) groups is 1. The minimum absolute atomic E-state index is 0.162. The largest absolute Gasteiger partial charge is 0.325 e. The summed E-state index contributed by atoms with van der Waals surface area (Å²) in [4.78, 5) is 10.9. The molecule has 3 nitrogen and oxygen atoms in total. The normalized spacial score (nSPS) is 9.29. The van der Waals surface area contributed by atoms with E-state index in [0.717, 1.165) is 11.1 Å². The molecule has 0 heterocycles. The Labute approximate surface area is 83.4 Å². The monoisotopic (exact) mass is 188 g/mol. The van der Waals surface area contributed by atoms with Crippen LogP contribution in [0.3, 0.4) is 0 Å². The predicted octanol–water partition coefficient (Wildman–Crippen LogP) is 2.13. The Bertz CT molecular complexity index is 416. The zero-order chi connectivity index (χ0) is 10.7. The van der Waals surface area contributed by atoms with Crippen molar-refractivity contribution in [3.63, 3.8) is 0 Å². The molecule has 1 aromatic carbocycles. The molecule has 0 saturated heterocycles. The molecule has 1 rings (SSSR count). The predicted molar refractivity (Wildman–Crippen MR) is 54.9 cm³/mol. The van der Waals surface area contributed by atoms with Crippen molar-refractivity contribution >= 4 is 11.6 Å². The van der Waals surface area contributed by atoms with Gasteiger partial charge in [0.05, 0.1) is 11.3 Å². The molecule has 72 valence electrons. The lowest BCUT2D eigenvalue weighted by molar-refractivity contribution is -0.114. The Hall–Kier alpha value is -1.82. The van der Waals surface area contributed by atoms with Gasteiger partial charge in [-0.2, -0.15) is 5.26 Å². The fourth-order valence-corrected chi connectivity index (χ4v) is 1.25. The molecule has 0 aliphatic rings. The number of aryl methyl sites for hydroxylation is 1. The third-order valence-electron chi connectivity index (χ3n) is 2.16. The highest BCUT2D eigenvalue weighted by atomic mass is 16.1. The number of carbonyl (C=O) groups excluding carboxylic acids is 1. The van der Waals surface area contributed by atoms with Crippen LogP contribution < -0.4 is 5.32 Å². The maximum atomic E-state index is 10.9. The molecule has 1 N–H and O–H groups in total. The van der Waals surface area contributed by atoms with Crippen LogP contribution in [0, 0.1) is 25.2 Å². The summed E-state index contributed by atoms with van der Waals surface area (Å²) in [5, 5.41) is 11.6. The van der Waals surface area contributed by atoms with Gasteiger partial charge in [0.1, 0.15) is 6.07 Å². The topological polar surface area (TPSA) is 52.9 Å². The fourth-order valence-electron chi connectivity index (χ4n) is 1.25. The maximum Gasteiger partial charge on any atom is 0.221 e. The number of nitrogens with zero attached hydrogens (tertiary/aromatic N) is 1. The summed E-state index contributed by atoms with van der Waals surface area (Å²) in [6.45, 7) is 5.24. The molecule has 0 aliphatic heterocycles. The summed E-state index contributed by atoms with van der Waals surface area (Å²) < 4.78 is 0. The lowest BCUT2D eigenvalue weighted by Gasteiger charge is -2.08. The summed E-state index contributed by atoms with van der Waals surface area (Å²) in [7, 11) is 0. The number of amides is 1. The van der Waals surface area contributed by atoms with E-state index in [0.29, 0.717) is 11.3 Å². The van der Waals surface area contributed by atoms with Gasteiger partial charge in [-0.3, -0.25) is 4.79 Å². The summed E-state index contributed by atoms with van der Waals surface area (Å²) in [5.41, 5.74) is 3.10. The molecule has 1 aromatic rings. The van der Waals surface area contributed by atoms with Crippen molar-refractivity contribution in [1.29, 1.82) is 5.26 Å². The van der Waals surface area contributed by atoms with Gasteiger partial charge in [0.15, 0.2) is 0 Å². The molecule has 0 spiro atoms. The number of hydrogen-bond donors (Lipinski definition) is 1. The molecule has 14 heavy (non-hydrogen) atoms. The highest BCUT2D eigenvalue weighted by Crippen LogP contribution is 2.21. The van der Waals surface area contributed by atoms with Gasteiger partial charge < -0.3 is 5.32 Å². The third kappa shape index (κ3) is 1.91. The molecule has 0 saturated carbocycles. The molecular formula is C11H12N2O. The van der Waals surface area contributed by atoms with E-state index in [1.54, 1.807) is 6.07 Å². The number of benzene rings is 1. The van der Waals surface area contributed by atoms with E-state index in [4.69, 9.17) is 5.26 Å². The molecule has 0 fully saturated rings. The van der Waals surface area contributed by atoms with Crippen LogP contribution in [0.25, 0.3) is 0 Å². The van der Waals surface area contributed by atoms with Crippen molar-refractivity contribution in [2.45, 2.75) is 20.8 Å². The minimum atomic E-state index is -0.162. The van der Waals surface area contributed by atoms with Gasteiger partial charge in [0.25, 0.3) is 0 Å². The Kier molecular flexibility index (Phi) is 2.88. The van der Waals surface area contributed by atoms with E-state index >= 15 is 0 Å². The van der Waals surface area contributed by atoms with Crippen molar-refractivity contribution in [2.24, 2.45) is 0 Å². The summed E-state index contributed by atoms with van der Waals surface area (Å²) in [6.07, 6.45) is 0. The second-order valence-electron chi connectivity index (χ2n) is 3.22. The van der Waals surface area contributed by atoms with Crippen LogP contribution in [0.4, 0.5) is 5.69 Å². The molecule has 0 aromatic heterocycles. The summed E-state index contributed by atoms with van der Waals surface area (Å²) in [5.74, 6) is -0.162. The van der Waals surface area contributed by atoms with Crippen molar-refractivity contribution in [3.8, 4) is 6.07 Å². The molecular weight excluding hydrogens is 176 g/mol. The molecule has 0 aliphatic carbocycles. The Balaban J connectivity index is 3.26. The Morgan fingerprint density at radius 2 is 2.07 bits per heavy atom. The number of anilines is 1. The van der Waals surface area contributed by atoms with Crippen molar-refractivity contribution in [2.75, 3.05) is 5.32 Å². The van der Waals surface area contributed by atoms with Gasteiger partial charge in [0, 0.05) is 6.92 Å². The van der Waals surface area contributed by atoms with Crippen molar-refractivity contribution in [3.05, 3.63) is 28.8 Å². The Morgan fingerprint density at radius 1 is 1.43 bits per heavy atom. The van der Waals surface area contributed by atoms with Crippen LogP contribution in [-0.2, 0) is 4.79 Å². The van der Waals surface area contributed by atoms with Crippen molar-refractivity contribution < 1.29 is 4.79 Å². The van der Waals surface area contributed by atoms with E-state index in [-0.39, 0.29) is 5.91 Å². The van der Waals surface area contributed by atoms with E-state index in [2.05, 4.69) is 11.4 Å². The van der Waals surface area contributed by atoms with Gasteiger partial charge in [0.2, 0.25) is 5.91 Å². The molecule has 3 heteroatoms. The van der Waals surface area contributed by atoms with Gasteiger partial charge in [-0.25, -0.2) is 0 Å². The first-order valence-corrected chi connectivity index (χ1v) is 4.34. The number of nitriles is 1. The number of hydrogen-bond acceptors (Lipinski definition) is 2. The highest BCUT2D eigenvalue weighted by molar-refractivity contribution is 5.90. The van der Waals surface area contributed by atoms with Gasteiger partial charge in [-0.15, -0.1) is 0 Å². The molecule has 0 unspecified atom stereocenters. The van der Waals surface area contributed by atoms with Gasteiger partial charge in [-0.1, -0.05) is 6.07 Å². The Morgan fingerprint density at radius 3 is 2.57 bits per heavy atom. The van der Waals surface area contributed by atoms with E-state index in [9.17, 15) is 4.79 Å². The van der Waals surface area contributed by atoms with Crippen molar-refractivity contribution in [1.82, 2.24) is 0 Å². The second kappa shape index (κ2) is 3.93. The molecule has 0 radical (unpaired) electrons. The zero-order valence-corrected chi connectivity index (χ0v) is 8.51. The van der Waals surface area contributed by atoms with Crippen LogP contribution in [0.2, 0.25) is 0 Å².